The first-order valence-corrected chi connectivity index (χ1v) is 18.0. The lowest BCUT2D eigenvalue weighted by Gasteiger charge is -2.25. The fraction of sp³-hybridized carbons (Fsp3) is 0.500. The molecule has 268 valence electrons. The van der Waals surface area contributed by atoms with E-state index in [-0.39, 0.29) is 12.6 Å². The molecule has 12 heteroatoms. The van der Waals surface area contributed by atoms with Crippen LogP contribution in [0.2, 0.25) is 0 Å². The van der Waals surface area contributed by atoms with E-state index in [9.17, 15) is 15.3 Å². The smallest absolute Gasteiger partial charge is 0.338 e. The molecule has 2 aromatic carbocycles. The second-order valence-corrected chi connectivity index (χ2v) is 12.6. The first kappa shape index (κ1) is 40.3. The number of hydrogen-bond acceptors (Lipinski definition) is 12. The predicted molar refractivity (Wildman–Crippen MR) is 195 cm³/mol. The number of azo groups is 1. The standard InChI is InChI=1S/C38H49N5O6S/c1-5-6-7-10-15-43(32-13-14-35(30(3)26-32)41-42-37-34(27-39)31(4)36(28-40)50-37)16-17-45-18-19-46-20-21-47-22-23-48-24-25-49-38(44)33-12-9-8-11-29(33)2/h8-9,11-14,26H,5-7,10,15-25H2,1-4H3. The van der Waals surface area contributed by atoms with E-state index in [0.717, 1.165) is 42.0 Å². The molecule has 3 aromatic rings. The molecule has 0 amide bonds. The van der Waals surface area contributed by atoms with Crippen LogP contribution in [0.3, 0.4) is 0 Å². The van der Waals surface area contributed by atoms with Gasteiger partial charge < -0.3 is 28.6 Å². The molecule has 0 aliphatic carbocycles. The molecule has 0 spiro atoms. The van der Waals surface area contributed by atoms with Crippen molar-refractivity contribution in [1.29, 1.82) is 10.5 Å². The van der Waals surface area contributed by atoms with Gasteiger partial charge >= 0.3 is 5.97 Å². The second-order valence-electron chi connectivity index (χ2n) is 11.6. The monoisotopic (exact) mass is 703 g/mol. The Bertz CT molecular complexity index is 1600. The van der Waals surface area contributed by atoms with E-state index in [1.165, 1.54) is 30.6 Å². The van der Waals surface area contributed by atoms with Crippen LogP contribution in [0.25, 0.3) is 0 Å². The topological polar surface area (TPSA) is 139 Å². The third kappa shape index (κ3) is 13.6. The van der Waals surface area contributed by atoms with E-state index < -0.39 is 0 Å². The van der Waals surface area contributed by atoms with Gasteiger partial charge in [0.15, 0.2) is 5.00 Å². The quantitative estimate of drug-likeness (QED) is 0.0514. The minimum atomic E-state index is -0.343. The number of benzene rings is 2. The van der Waals surface area contributed by atoms with E-state index in [0.29, 0.717) is 79.4 Å². The second kappa shape index (κ2) is 23.3. The zero-order valence-corrected chi connectivity index (χ0v) is 30.6. The fourth-order valence-electron chi connectivity index (χ4n) is 4.96. The number of ether oxygens (including phenoxy) is 5. The Hall–Kier alpha value is -4.17. The highest BCUT2D eigenvalue weighted by atomic mass is 32.1. The zero-order valence-electron chi connectivity index (χ0n) is 29.7. The van der Waals surface area contributed by atoms with Crippen molar-refractivity contribution in [2.24, 2.45) is 10.2 Å². The summed E-state index contributed by atoms with van der Waals surface area (Å²) in [5.74, 6) is -0.343. The van der Waals surface area contributed by atoms with E-state index in [1.54, 1.807) is 13.0 Å². The molecular formula is C38H49N5O6S. The molecule has 0 saturated carbocycles. The molecule has 0 unspecified atom stereocenters. The Labute approximate surface area is 300 Å². The summed E-state index contributed by atoms with van der Waals surface area (Å²) in [6.45, 7) is 13.3. The number of aryl methyl sites for hydroxylation is 2. The molecule has 0 bridgehead atoms. The molecule has 0 radical (unpaired) electrons. The van der Waals surface area contributed by atoms with Gasteiger partial charge in [0, 0.05) is 18.8 Å². The summed E-state index contributed by atoms with van der Waals surface area (Å²) in [4.78, 5) is 14.9. The molecule has 0 aliphatic heterocycles. The van der Waals surface area contributed by atoms with Crippen molar-refractivity contribution in [1.82, 2.24) is 0 Å². The number of esters is 1. The SMILES string of the molecule is CCCCCCN(CCOCCOCCOCCOCCOC(=O)c1ccccc1C)c1ccc(N=Nc2sc(C#N)c(C)c2C#N)c(C)c1. The summed E-state index contributed by atoms with van der Waals surface area (Å²) in [5.41, 5.74) is 5.28. The molecule has 3 rings (SSSR count). The Morgan fingerprint density at radius 1 is 0.760 bits per heavy atom. The maximum absolute atomic E-state index is 12.1. The van der Waals surface area contributed by atoms with Gasteiger partial charge in [0.25, 0.3) is 0 Å². The Morgan fingerprint density at radius 2 is 1.42 bits per heavy atom. The number of hydrogen-bond donors (Lipinski definition) is 0. The van der Waals surface area contributed by atoms with Gasteiger partial charge in [0.05, 0.1) is 69.7 Å². The highest BCUT2D eigenvalue weighted by Gasteiger charge is 2.15. The number of carbonyl (C=O) groups is 1. The first-order valence-electron chi connectivity index (χ1n) is 17.1. The summed E-state index contributed by atoms with van der Waals surface area (Å²) in [6, 6.07) is 17.7. The van der Waals surface area contributed by atoms with Crippen molar-refractivity contribution in [3.8, 4) is 12.1 Å². The number of carbonyl (C=O) groups excluding carboxylic acids is 1. The van der Waals surface area contributed by atoms with Gasteiger partial charge in [0.2, 0.25) is 0 Å². The van der Waals surface area contributed by atoms with Crippen LogP contribution in [-0.2, 0) is 23.7 Å². The summed E-state index contributed by atoms with van der Waals surface area (Å²) >= 11 is 1.18. The van der Waals surface area contributed by atoms with Crippen LogP contribution < -0.4 is 4.90 Å². The largest absolute Gasteiger partial charge is 0.460 e. The van der Waals surface area contributed by atoms with Gasteiger partial charge in [-0.25, -0.2) is 4.79 Å². The lowest BCUT2D eigenvalue weighted by atomic mass is 10.1. The summed E-state index contributed by atoms with van der Waals surface area (Å²) in [7, 11) is 0. The van der Waals surface area contributed by atoms with Gasteiger partial charge in [-0.3, -0.25) is 0 Å². The van der Waals surface area contributed by atoms with E-state index in [1.807, 2.05) is 44.2 Å². The van der Waals surface area contributed by atoms with Gasteiger partial charge in [-0.15, -0.1) is 21.6 Å². The molecule has 0 N–H and O–H groups in total. The average Bonchev–Trinajstić information content (AvgIpc) is 3.43. The Morgan fingerprint density at radius 3 is 2.04 bits per heavy atom. The van der Waals surface area contributed by atoms with Crippen molar-refractivity contribution >= 4 is 33.7 Å². The maximum Gasteiger partial charge on any atom is 0.338 e. The van der Waals surface area contributed by atoms with Crippen molar-refractivity contribution in [2.45, 2.75) is 53.4 Å². The minimum Gasteiger partial charge on any atom is -0.460 e. The third-order valence-electron chi connectivity index (χ3n) is 7.86. The van der Waals surface area contributed by atoms with Crippen LogP contribution in [0.1, 0.15) is 70.1 Å². The highest BCUT2D eigenvalue weighted by Crippen LogP contribution is 2.36. The maximum atomic E-state index is 12.1. The molecule has 1 aromatic heterocycles. The summed E-state index contributed by atoms with van der Waals surface area (Å²) in [5, 5.41) is 28.0. The highest BCUT2D eigenvalue weighted by molar-refractivity contribution is 7.16. The van der Waals surface area contributed by atoms with Crippen LogP contribution in [0.4, 0.5) is 16.4 Å². The zero-order chi connectivity index (χ0) is 36.0. The van der Waals surface area contributed by atoms with Crippen LogP contribution in [0.5, 0.6) is 0 Å². The summed E-state index contributed by atoms with van der Waals surface area (Å²) < 4.78 is 27.8. The molecule has 0 saturated heterocycles. The number of rotatable bonds is 24. The number of unbranched alkanes of at least 4 members (excludes halogenated alkanes) is 3. The van der Waals surface area contributed by atoms with E-state index >= 15 is 0 Å². The molecule has 1 heterocycles. The van der Waals surface area contributed by atoms with Crippen molar-refractivity contribution in [3.63, 3.8) is 0 Å². The van der Waals surface area contributed by atoms with Gasteiger partial charge in [-0.2, -0.15) is 10.5 Å². The van der Waals surface area contributed by atoms with Crippen molar-refractivity contribution in [2.75, 3.05) is 77.5 Å². The van der Waals surface area contributed by atoms with Crippen LogP contribution in [0, 0.1) is 43.4 Å². The summed E-state index contributed by atoms with van der Waals surface area (Å²) in [6.07, 6.45) is 4.67. The first-order chi connectivity index (χ1) is 24.4. The Balaban J connectivity index is 1.31. The molecule has 0 fully saturated rings. The van der Waals surface area contributed by atoms with Crippen LogP contribution >= 0.6 is 11.3 Å². The lowest BCUT2D eigenvalue weighted by molar-refractivity contribution is -0.00847. The Kier molecular flexibility index (Phi) is 18.7. The van der Waals surface area contributed by atoms with E-state index in [4.69, 9.17) is 23.7 Å². The number of nitrogens with zero attached hydrogens (tertiary/aromatic N) is 5. The van der Waals surface area contributed by atoms with Crippen LogP contribution in [0.15, 0.2) is 52.7 Å². The predicted octanol–water partition coefficient (Wildman–Crippen LogP) is 8.14. The van der Waals surface area contributed by atoms with Gasteiger partial charge in [-0.05, 0) is 68.1 Å². The number of anilines is 1. The van der Waals surface area contributed by atoms with E-state index in [2.05, 4.69) is 40.3 Å². The van der Waals surface area contributed by atoms with Gasteiger partial charge in [-0.1, -0.05) is 44.4 Å². The molecule has 0 aliphatic rings. The molecule has 11 nitrogen and oxygen atoms in total. The fourth-order valence-corrected chi connectivity index (χ4v) is 5.84. The molecular weight excluding hydrogens is 655 g/mol. The number of nitriles is 2. The molecule has 0 atom stereocenters. The minimum absolute atomic E-state index is 0.194. The molecule has 50 heavy (non-hydrogen) atoms. The van der Waals surface area contributed by atoms with Gasteiger partial charge in [0.1, 0.15) is 23.6 Å². The number of thiophene rings is 1. The van der Waals surface area contributed by atoms with Crippen LogP contribution in [-0.4, -0.2) is 78.5 Å². The average molecular weight is 704 g/mol. The normalized spacial score (nSPS) is 11.1. The lowest BCUT2D eigenvalue weighted by Crippen LogP contribution is -2.29. The van der Waals surface area contributed by atoms with Crippen molar-refractivity contribution < 1.29 is 28.5 Å². The van der Waals surface area contributed by atoms with Crippen molar-refractivity contribution in [3.05, 3.63) is 75.2 Å². The third-order valence-corrected chi connectivity index (χ3v) is 8.95.